The average Bonchev–Trinajstić information content (AvgIpc) is 3.27. The van der Waals surface area contributed by atoms with Gasteiger partial charge < -0.3 is 10.2 Å². The van der Waals surface area contributed by atoms with Gasteiger partial charge in [0.1, 0.15) is 0 Å². The highest BCUT2D eigenvalue weighted by Gasteiger charge is 2.33. The molecule has 1 fully saturated rings. The Morgan fingerprint density at radius 1 is 1.41 bits per heavy atom. The Kier molecular flexibility index (Phi) is 4.95. The maximum atomic E-state index is 13.0. The van der Waals surface area contributed by atoms with Crippen molar-refractivity contribution in [3.05, 3.63) is 40.7 Å². The molecule has 0 aromatic carbocycles. The number of fused-ring (bicyclic) bond motifs is 1. The van der Waals surface area contributed by atoms with Crippen LogP contribution in [0.15, 0.2) is 12.3 Å². The van der Waals surface area contributed by atoms with Crippen LogP contribution < -0.4 is 5.32 Å². The molecule has 2 aromatic heterocycles. The predicted octanol–water partition coefficient (Wildman–Crippen LogP) is 2.25. The highest BCUT2D eigenvalue weighted by molar-refractivity contribution is 5.77. The number of likely N-dealkylation sites (tertiary alicyclic amines) is 1. The molecule has 0 aliphatic carbocycles. The highest BCUT2D eigenvalue weighted by Crippen LogP contribution is 2.32. The Hall–Kier alpha value is -2.28. The van der Waals surface area contributed by atoms with Crippen molar-refractivity contribution in [2.75, 3.05) is 13.1 Å². The van der Waals surface area contributed by atoms with E-state index < -0.39 is 0 Å². The van der Waals surface area contributed by atoms with Gasteiger partial charge in [0.05, 0.1) is 17.8 Å². The van der Waals surface area contributed by atoms with Gasteiger partial charge in [-0.3, -0.25) is 9.48 Å². The number of hydrogen-bond acceptors (Lipinski definition) is 5. The van der Waals surface area contributed by atoms with Crippen molar-refractivity contribution in [3.63, 3.8) is 0 Å². The van der Waals surface area contributed by atoms with E-state index in [9.17, 15) is 4.79 Å². The van der Waals surface area contributed by atoms with Gasteiger partial charge in [0.25, 0.3) is 0 Å². The summed E-state index contributed by atoms with van der Waals surface area (Å²) in [5.74, 6) is 0.973. The van der Waals surface area contributed by atoms with Gasteiger partial charge in [-0.1, -0.05) is 0 Å². The lowest BCUT2D eigenvalue weighted by Crippen LogP contribution is -2.33. The van der Waals surface area contributed by atoms with Gasteiger partial charge in [0, 0.05) is 55.6 Å². The molecule has 144 valence electrons. The van der Waals surface area contributed by atoms with Crippen molar-refractivity contribution < 1.29 is 4.79 Å². The van der Waals surface area contributed by atoms with E-state index in [1.807, 2.05) is 29.6 Å². The number of hydrogen-bond donors (Lipinski definition) is 1. The largest absolute Gasteiger partial charge is 0.332 e. The van der Waals surface area contributed by atoms with Crippen molar-refractivity contribution in [1.82, 2.24) is 30.0 Å². The zero-order chi connectivity index (χ0) is 19.0. The minimum absolute atomic E-state index is 0.00494. The quantitative estimate of drug-likeness (QED) is 0.896. The van der Waals surface area contributed by atoms with Crippen molar-refractivity contribution in [3.8, 4) is 0 Å². The van der Waals surface area contributed by atoms with Crippen LogP contribution >= 0.6 is 0 Å². The Labute approximate surface area is 160 Å². The van der Waals surface area contributed by atoms with E-state index in [2.05, 4.69) is 28.4 Å². The second-order valence-corrected chi connectivity index (χ2v) is 7.80. The number of aryl methyl sites for hydroxylation is 2. The molecule has 2 aromatic rings. The van der Waals surface area contributed by atoms with Crippen LogP contribution in [0.4, 0.5) is 0 Å². The highest BCUT2D eigenvalue weighted by atomic mass is 16.2. The van der Waals surface area contributed by atoms with Crippen molar-refractivity contribution in [2.45, 2.75) is 65.1 Å². The van der Waals surface area contributed by atoms with Gasteiger partial charge in [-0.25, -0.2) is 9.97 Å². The van der Waals surface area contributed by atoms with E-state index in [1.165, 1.54) is 5.56 Å². The average molecular weight is 368 g/mol. The van der Waals surface area contributed by atoms with Crippen LogP contribution in [0.1, 0.15) is 66.7 Å². The summed E-state index contributed by atoms with van der Waals surface area (Å²) in [7, 11) is 0. The summed E-state index contributed by atoms with van der Waals surface area (Å²) in [5, 5.41) is 7.88. The Morgan fingerprint density at radius 3 is 3.04 bits per heavy atom. The van der Waals surface area contributed by atoms with Gasteiger partial charge in [-0.05, 0) is 39.7 Å². The molecule has 27 heavy (non-hydrogen) atoms. The fraction of sp³-hybridized carbons (Fsp3) is 0.600. The smallest absolute Gasteiger partial charge is 0.225 e. The number of rotatable bonds is 4. The second-order valence-electron chi connectivity index (χ2n) is 7.80. The summed E-state index contributed by atoms with van der Waals surface area (Å²) in [6.07, 6.45) is 5.26. The molecule has 0 unspecified atom stereocenters. The fourth-order valence-corrected chi connectivity index (χ4v) is 4.29. The molecule has 2 aliphatic rings. The SMILES string of the molecule is Cc1cc(C)n([C@H](C)CC(=O)N2CCC[C@@H]2c2ncc3c(n2)CCNC3)n1. The molecule has 0 bridgehead atoms. The molecule has 7 nitrogen and oxygen atoms in total. The molecule has 2 atom stereocenters. The van der Waals surface area contributed by atoms with E-state index in [-0.39, 0.29) is 18.0 Å². The minimum atomic E-state index is 0.00494. The number of carbonyl (C=O) groups is 1. The summed E-state index contributed by atoms with van der Waals surface area (Å²) in [6.45, 7) is 8.66. The maximum Gasteiger partial charge on any atom is 0.225 e. The van der Waals surface area contributed by atoms with Crippen LogP contribution in [0.3, 0.4) is 0 Å². The molecule has 0 saturated carbocycles. The zero-order valence-corrected chi connectivity index (χ0v) is 16.4. The molecule has 1 saturated heterocycles. The topological polar surface area (TPSA) is 75.9 Å². The first-order chi connectivity index (χ1) is 13.0. The van der Waals surface area contributed by atoms with Crippen LogP contribution in [0, 0.1) is 13.8 Å². The van der Waals surface area contributed by atoms with Crippen molar-refractivity contribution in [1.29, 1.82) is 0 Å². The van der Waals surface area contributed by atoms with Gasteiger partial charge in [0.2, 0.25) is 5.91 Å². The Bertz CT molecular complexity index is 845. The molecule has 7 heteroatoms. The molecule has 4 heterocycles. The normalized spacial score (nSPS) is 20.6. The van der Waals surface area contributed by atoms with Crippen LogP contribution in [0.5, 0.6) is 0 Å². The third kappa shape index (κ3) is 3.60. The molecular weight excluding hydrogens is 340 g/mol. The second kappa shape index (κ2) is 7.38. The lowest BCUT2D eigenvalue weighted by Gasteiger charge is -2.26. The summed E-state index contributed by atoms with van der Waals surface area (Å²) in [5.41, 5.74) is 4.40. The molecule has 2 aliphatic heterocycles. The number of aromatic nitrogens is 4. The van der Waals surface area contributed by atoms with Crippen molar-refractivity contribution >= 4 is 5.91 Å². The summed E-state index contributed by atoms with van der Waals surface area (Å²) in [4.78, 5) is 24.4. The number of amides is 1. The van der Waals surface area contributed by atoms with E-state index in [0.717, 1.165) is 61.8 Å². The third-order valence-corrected chi connectivity index (χ3v) is 5.63. The van der Waals surface area contributed by atoms with E-state index in [4.69, 9.17) is 4.98 Å². The molecule has 0 spiro atoms. The molecular formula is C20H28N6O. The Morgan fingerprint density at radius 2 is 2.26 bits per heavy atom. The van der Waals surface area contributed by atoms with E-state index >= 15 is 0 Å². The van der Waals surface area contributed by atoms with Gasteiger partial charge in [-0.2, -0.15) is 5.10 Å². The first-order valence-corrected chi connectivity index (χ1v) is 9.90. The summed E-state index contributed by atoms with van der Waals surface area (Å²) >= 11 is 0. The molecule has 1 N–H and O–H groups in total. The summed E-state index contributed by atoms with van der Waals surface area (Å²) in [6, 6.07) is 2.10. The Balaban J connectivity index is 1.49. The van der Waals surface area contributed by atoms with Crippen LogP contribution in [-0.2, 0) is 17.8 Å². The summed E-state index contributed by atoms with van der Waals surface area (Å²) < 4.78 is 1.96. The monoisotopic (exact) mass is 368 g/mol. The first-order valence-electron chi connectivity index (χ1n) is 9.90. The predicted molar refractivity (Wildman–Crippen MR) is 102 cm³/mol. The van der Waals surface area contributed by atoms with Crippen molar-refractivity contribution in [2.24, 2.45) is 0 Å². The lowest BCUT2D eigenvalue weighted by molar-refractivity contribution is -0.133. The number of nitrogens with zero attached hydrogens (tertiary/aromatic N) is 5. The molecule has 4 rings (SSSR count). The molecule has 1 amide bonds. The number of carbonyl (C=O) groups excluding carboxylic acids is 1. The zero-order valence-electron chi connectivity index (χ0n) is 16.4. The fourth-order valence-electron chi connectivity index (χ4n) is 4.29. The first kappa shape index (κ1) is 18.1. The lowest BCUT2D eigenvalue weighted by atomic mass is 10.1. The maximum absolute atomic E-state index is 13.0. The van der Waals surface area contributed by atoms with Crippen LogP contribution in [0.25, 0.3) is 0 Å². The van der Waals surface area contributed by atoms with E-state index in [0.29, 0.717) is 6.42 Å². The van der Waals surface area contributed by atoms with Crippen LogP contribution in [0.2, 0.25) is 0 Å². The van der Waals surface area contributed by atoms with E-state index in [1.54, 1.807) is 0 Å². The number of nitrogens with one attached hydrogen (secondary N) is 1. The van der Waals surface area contributed by atoms with Gasteiger partial charge >= 0.3 is 0 Å². The minimum Gasteiger partial charge on any atom is -0.332 e. The molecule has 0 radical (unpaired) electrons. The van der Waals surface area contributed by atoms with Crippen LogP contribution in [-0.4, -0.2) is 43.6 Å². The third-order valence-electron chi connectivity index (χ3n) is 5.63. The standard InChI is InChI=1S/C20H28N6O/c1-13-9-14(2)26(24-13)15(3)10-19(27)25-8-4-5-18(25)20-22-12-16-11-21-7-6-17(16)23-20/h9,12,15,18,21H,4-8,10-11H2,1-3H3/t15-,18-/m1/s1. The van der Waals surface area contributed by atoms with Gasteiger partial charge in [0.15, 0.2) is 5.82 Å². The van der Waals surface area contributed by atoms with Gasteiger partial charge in [-0.15, -0.1) is 0 Å².